The SMILES string of the molecule is O=C(CCCl)NCc1nnc(S(=O)(=O)Cc2ccccc2Cl)o1. The van der Waals surface area contributed by atoms with Crippen LogP contribution in [0.4, 0.5) is 0 Å². The van der Waals surface area contributed by atoms with E-state index in [4.69, 9.17) is 27.6 Å². The topological polar surface area (TPSA) is 102 Å². The number of sulfone groups is 1. The second-order valence-corrected chi connectivity index (χ2v) is 7.18. The number of carbonyl (C=O) groups is 1. The summed E-state index contributed by atoms with van der Waals surface area (Å²) >= 11 is 11.4. The summed E-state index contributed by atoms with van der Waals surface area (Å²) in [5, 5.41) is 9.42. The third-order valence-electron chi connectivity index (χ3n) is 2.78. The number of rotatable bonds is 7. The Morgan fingerprint density at radius 1 is 1.26 bits per heavy atom. The first-order valence-corrected chi connectivity index (χ1v) is 9.10. The third-order valence-corrected chi connectivity index (χ3v) is 4.72. The van der Waals surface area contributed by atoms with Gasteiger partial charge in [-0.3, -0.25) is 4.79 Å². The van der Waals surface area contributed by atoms with Crippen LogP contribution < -0.4 is 5.32 Å². The molecule has 124 valence electrons. The number of alkyl halides is 1. The van der Waals surface area contributed by atoms with Crippen molar-refractivity contribution < 1.29 is 17.6 Å². The van der Waals surface area contributed by atoms with Gasteiger partial charge in [0.2, 0.25) is 21.6 Å². The summed E-state index contributed by atoms with van der Waals surface area (Å²) in [5.41, 5.74) is 0.435. The van der Waals surface area contributed by atoms with Gasteiger partial charge in [0, 0.05) is 17.3 Å². The highest BCUT2D eigenvalue weighted by molar-refractivity contribution is 7.90. The number of nitrogens with one attached hydrogen (secondary N) is 1. The number of hydrogen-bond acceptors (Lipinski definition) is 6. The molecule has 1 aromatic heterocycles. The zero-order valence-electron chi connectivity index (χ0n) is 11.8. The molecule has 0 unspecified atom stereocenters. The Morgan fingerprint density at radius 2 is 2.00 bits per heavy atom. The minimum Gasteiger partial charge on any atom is -0.411 e. The molecular formula is C13H13Cl2N3O4S. The van der Waals surface area contributed by atoms with Gasteiger partial charge in [0.05, 0.1) is 12.3 Å². The van der Waals surface area contributed by atoms with Crippen molar-refractivity contribution in [2.24, 2.45) is 0 Å². The van der Waals surface area contributed by atoms with Gasteiger partial charge >= 0.3 is 5.22 Å². The predicted molar refractivity (Wildman–Crippen MR) is 83.8 cm³/mol. The number of hydrogen-bond donors (Lipinski definition) is 1. The van der Waals surface area contributed by atoms with Gasteiger partial charge in [-0.1, -0.05) is 34.9 Å². The molecule has 0 aliphatic rings. The molecule has 1 N–H and O–H groups in total. The van der Waals surface area contributed by atoms with Crippen molar-refractivity contribution in [2.45, 2.75) is 23.9 Å². The lowest BCUT2D eigenvalue weighted by Crippen LogP contribution is -2.22. The van der Waals surface area contributed by atoms with E-state index in [0.717, 1.165) is 0 Å². The average molecular weight is 378 g/mol. The summed E-state index contributed by atoms with van der Waals surface area (Å²) < 4.78 is 29.6. The van der Waals surface area contributed by atoms with Gasteiger partial charge in [0.15, 0.2) is 0 Å². The fraction of sp³-hybridized carbons (Fsp3) is 0.308. The third kappa shape index (κ3) is 4.92. The Morgan fingerprint density at radius 3 is 2.70 bits per heavy atom. The number of amides is 1. The minimum atomic E-state index is -3.82. The average Bonchev–Trinajstić information content (AvgIpc) is 2.98. The standard InChI is InChI=1S/C13H13Cl2N3O4S/c14-6-5-11(19)16-7-12-17-18-13(22-12)23(20,21)8-9-3-1-2-4-10(9)15/h1-4H,5-8H2,(H,16,19). The monoisotopic (exact) mass is 377 g/mol. The van der Waals surface area contributed by atoms with E-state index in [1.807, 2.05) is 0 Å². The largest absolute Gasteiger partial charge is 0.411 e. The molecule has 7 nitrogen and oxygen atoms in total. The molecule has 0 spiro atoms. The van der Waals surface area contributed by atoms with Gasteiger partial charge in [-0.2, -0.15) is 0 Å². The van der Waals surface area contributed by atoms with E-state index in [-0.39, 0.29) is 36.4 Å². The molecule has 0 saturated heterocycles. The molecule has 0 atom stereocenters. The maximum atomic E-state index is 12.2. The molecule has 23 heavy (non-hydrogen) atoms. The lowest BCUT2D eigenvalue weighted by atomic mass is 10.2. The summed E-state index contributed by atoms with van der Waals surface area (Å²) in [4.78, 5) is 11.3. The van der Waals surface area contributed by atoms with E-state index in [9.17, 15) is 13.2 Å². The smallest absolute Gasteiger partial charge is 0.335 e. The Labute approximate surface area is 142 Å². The lowest BCUT2D eigenvalue weighted by molar-refractivity contribution is -0.120. The van der Waals surface area contributed by atoms with Gasteiger partial charge < -0.3 is 9.73 Å². The first-order valence-electron chi connectivity index (χ1n) is 6.53. The number of nitrogens with zero attached hydrogens (tertiary/aromatic N) is 2. The van der Waals surface area contributed by atoms with Gasteiger partial charge in [0.25, 0.3) is 0 Å². The molecule has 0 fully saturated rings. The first-order chi connectivity index (χ1) is 10.9. The van der Waals surface area contributed by atoms with Gasteiger partial charge in [-0.25, -0.2) is 8.42 Å². The Balaban J connectivity index is 2.07. The summed E-state index contributed by atoms with van der Waals surface area (Å²) in [6, 6.07) is 6.58. The van der Waals surface area contributed by atoms with Crippen molar-refractivity contribution in [1.29, 1.82) is 0 Å². The maximum absolute atomic E-state index is 12.2. The fourth-order valence-corrected chi connectivity index (χ4v) is 3.29. The Bertz CT molecular complexity index is 792. The minimum absolute atomic E-state index is 0.00865. The molecule has 1 heterocycles. The molecule has 10 heteroatoms. The van der Waals surface area contributed by atoms with Crippen LogP contribution in [-0.4, -0.2) is 30.4 Å². The van der Waals surface area contributed by atoms with Gasteiger partial charge in [-0.05, 0) is 11.6 Å². The van der Waals surface area contributed by atoms with Crippen molar-refractivity contribution in [3.05, 3.63) is 40.7 Å². The molecule has 0 saturated carbocycles. The van der Waals surface area contributed by atoms with E-state index in [1.54, 1.807) is 24.3 Å². The van der Waals surface area contributed by atoms with Gasteiger partial charge in [-0.15, -0.1) is 16.7 Å². The normalized spacial score (nSPS) is 11.4. The molecule has 1 amide bonds. The van der Waals surface area contributed by atoms with Crippen LogP contribution in [0.5, 0.6) is 0 Å². The zero-order valence-corrected chi connectivity index (χ0v) is 14.2. The van der Waals surface area contributed by atoms with Crippen molar-refractivity contribution >= 4 is 38.9 Å². The van der Waals surface area contributed by atoms with E-state index >= 15 is 0 Å². The Kier molecular flexibility index (Phi) is 5.97. The maximum Gasteiger partial charge on any atom is 0.335 e. The van der Waals surface area contributed by atoms with Crippen LogP contribution in [0.15, 0.2) is 33.9 Å². The predicted octanol–water partition coefficient (Wildman–Crippen LogP) is 1.94. The molecule has 1 aromatic carbocycles. The number of aromatic nitrogens is 2. The van der Waals surface area contributed by atoms with Crippen LogP contribution in [0.3, 0.4) is 0 Å². The summed E-state index contributed by atoms with van der Waals surface area (Å²) in [7, 11) is -3.82. The van der Waals surface area contributed by atoms with Crippen LogP contribution in [-0.2, 0) is 26.9 Å². The van der Waals surface area contributed by atoms with E-state index in [0.29, 0.717) is 10.6 Å². The highest BCUT2D eigenvalue weighted by Crippen LogP contribution is 2.21. The van der Waals surface area contributed by atoms with Crippen molar-refractivity contribution in [3.8, 4) is 0 Å². The molecular weight excluding hydrogens is 365 g/mol. The highest BCUT2D eigenvalue weighted by Gasteiger charge is 2.24. The molecule has 2 aromatic rings. The zero-order chi connectivity index (χ0) is 16.9. The van der Waals surface area contributed by atoms with Crippen LogP contribution in [0.25, 0.3) is 0 Å². The van der Waals surface area contributed by atoms with Crippen LogP contribution >= 0.6 is 23.2 Å². The number of halogens is 2. The second-order valence-electron chi connectivity index (χ2n) is 4.53. The highest BCUT2D eigenvalue weighted by atomic mass is 35.5. The van der Waals surface area contributed by atoms with Crippen molar-refractivity contribution in [3.63, 3.8) is 0 Å². The van der Waals surface area contributed by atoms with Crippen molar-refractivity contribution in [1.82, 2.24) is 15.5 Å². The molecule has 0 aliphatic heterocycles. The van der Waals surface area contributed by atoms with Gasteiger partial charge in [0.1, 0.15) is 0 Å². The number of benzene rings is 1. The van der Waals surface area contributed by atoms with E-state index in [2.05, 4.69) is 15.5 Å². The Hall–Kier alpha value is -1.64. The summed E-state index contributed by atoms with van der Waals surface area (Å²) in [6.07, 6.45) is 0.146. The van der Waals surface area contributed by atoms with E-state index < -0.39 is 15.1 Å². The van der Waals surface area contributed by atoms with Crippen LogP contribution in [0.2, 0.25) is 5.02 Å². The lowest BCUT2D eigenvalue weighted by Gasteiger charge is -2.02. The first kappa shape index (κ1) is 17.7. The quantitative estimate of drug-likeness (QED) is 0.739. The molecule has 0 bridgehead atoms. The van der Waals surface area contributed by atoms with Crippen LogP contribution in [0.1, 0.15) is 17.9 Å². The van der Waals surface area contributed by atoms with Crippen molar-refractivity contribution in [2.75, 3.05) is 5.88 Å². The van der Waals surface area contributed by atoms with E-state index in [1.165, 1.54) is 0 Å². The number of carbonyl (C=O) groups excluding carboxylic acids is 1. The van der Waals surface area contributed by atoms with Crippen LogP contribution in [0, 0.1) is 0 Å². The molecule has 0 radical (unpaired) electrons. The molecule has 2 rings (SSSR count). The molecule has 0 aliphatic carbocycles. The second kappa shape index (κ2) is 7.76. The summed E-state index contributed by atoms with van der Waals surface area (Å²) in [5.74, 6) is -0.468. The fourth-order valence-electron chi connectivity index (χ4n) is 1.67. The summed E-state index contributed by atoms with van der Waals surface area (Å²) in [6.45, 7) is -0.0651.